The normalized spacial score (nSPS) is 14.5. The Morgan fingerprint density at radius 3 is 1.37 bits per heavy atom. The first-order valence-electron chi connectivity index (χ1n) is 31.4. The van der Waals surface area contributed by atoms with Crippen LogP contribution in [0.3, 0.4) is 0 Å². The zero-order valence-corrected chi connectivity index (χ0v) is 51.7. The van der Waals surface area contributed by atoms with Gasteiger partial charge in [-0.15, -0.1) is 0 Å². The molecular weight excluding hydrogens is 988 g/mol. The van der Waals surface area contributed by atoms with Gasteiger partial charge in [-0.1, -0.05) is 252 Å². The summed E-state index contributed by atoms with van der Waals surface area (Å²) in [7, 11) is 1.15. The molecular formula is C68H117N2O7P. The van der Waals surface area contributed by atoms with Crippen molar-refractivity contribution in [2.45, 2.75) is 258 Å². The van der Waals surface area contributed by atoms with Gasteiger partial charge in [-0.25, -0.2) is 0 Å². The lowest BCUT2D eigenvalue weighted by molar-refractivity contribution is -0.870. The SMILES string of the molecule is CC/C=C\C/C=C\C/C=C\C/C=C\C/C=C\C/C=C\CCCCCCCCCCC(=O)NC(COP(=O)([O-])OCC[N+](C)(C)C)C(/C=C\CCCCCCCCCCCC)OC(=O)CCCCCCC\C=C/C=C/C=C/CC. The highest BCUT2D eigenvalue weighted by Crippen LogP contribution is 2.38. The molecule has 0 saturated carbocycles. The molecule has 0 aromatic rings. The number of esters is 1. The predicted octanol–water partition coefficient (Wildman–Crippen LogP) is 18.9. The number of hydrogen-bond donors (Lipinski definition) is 1. The van der Waals surface area contributed by atoms with Gasteiger partial charge in [0, 0.05) is 12.8 Å². The maximum absolute atomic E-state index is 13.5. The molecule has 0 radical (unpaired) electrons. The van der Waals surface area contributed by atoms with Gasteiger partial charge in [-0.3, -0.25) is 14.2 Å². The van der Waals surface area contributed by atoms with Crippen molar-refractivity contribution < 1.29 is 37.3 Å². The summed E-state index contributed by atoms with van der Waals surface area (Å²) >= 11 is 0. The topological polar surface area (TPSA) is 114 Å². The molecule has 1 amide bonds. The summed E-state index contributed by atoms with van der Waals surface area (Å²) in [6, 6.07) is -0.909. The zero-order valence-electron chi connectivity index (χ0n) is 50.8. The Labute approximate surface area is 480 Å². The molecule has 0 aromatic carbocycles. The average molecular weight is 1110 g/mol. The van der Waals surface area contributed by atoms with Gasteiger partial charge < -0.3 is 28.5 Å². The van der Waals surface area contributed by atoms with Crippen LogP contribution in [0.4, 0.5) is 0 Å². The van der Waals surface area contributed by atoms with E-state index >= 15 is 0 Å². The summed E-state index contributed by atoms with van der Waals surface area (Å²) in [4.78, 5) is 40.0. The third-order valence-corrected chi connectivity index (χ3v) is 14.2. The van der Waals surface area contributed by atoms with E-state index in [1.54, 1.807) is 0 Å². The van der Waals surface area contributed by atoms with E-state index in [9.17, 15) is 19.0 Å². The van der Waals surface area contributed by atoms with Gasteiger partial charge >= 0.3 is 5.97 Å². The quantitative estimate of drug-likeness (QED) is 0.0161. The minimum atomic E-state index is -4.71. The first kappa shape index (κ1) is 74.4. The van der Waals surface area contributed by atoms with E-state index in [2.05, 4.69) is 129 Å². The first-order valence-corrected chi connectivity index (χ1v) is 32.8. The molecule has 0 aromatic heterocycles. The van der Waals surface area contributed by atoms with Crippen molar-refractivity contribution in [1.29, 1.82) is 0 Å². The van der Waals surface area contributed by atoms with Crippen LogP contribution >= 0.6 is 7.82 Å². The Morgan fingerprint density at radius 1 is 0.474 bits per heavy atom. The fourth-order valence-electron chi connectivity index (χ4n) is 8.41. The molecule has 1 N–H and O–H groups in total. The van der Waals surface area contributed by atoms with E-state index in [1.165, 1.54) is 77.0 Å². The van der Waals surface area contributed by atoms with Crippen LogP contribution in [0.5, 0.6) is 0 Å². The number of nitrogens with one attached hydrogen (secondary N) is 1. The fourth-order valence-corrected chi connectivity index (χ4v) is 9.13. The van der Waals surface area contributed by atoms with Crippen LogP contribution in [0.25, 0.3) is 0 Å². The zero-order chi connectivity index (χ0) is 57.2. The molecule has 9 nitrogen and oxygen atoms in total. The van der Waals surface area contributed by atoms with Crippen molar-refractivity contribution in [2.75, 3.05) is 40.9 Å². The molecule has 0 aliphatic carbocycles. The highest BCUT2D eigenvalue weighted by atomic mass is 31.2. The number of amides is 1. The van der Waals surface area contributed by atoms with Gasteiger partial charge in [0.15, 0.2) is 0 Å². The Hall–Kier alpha value is -3.59. The van der Waals surface area contributed by atoms with Crippen molar-refractivity contribution in [2.24, 2.45) is 0 Å². The smallest absolute Gasteiger partial charge is 0.306 e. The van der Waals surface area contributed by atoms with Crippen molar-refractivity contribution >= 4 is 19.7 Å². The maximum Gasteiger partial charge on any atom is 0.306 e. The number of allylic oxidation sites excluding steroid dienone is 19. The summed E-state index contributed by atoms with van der Waals surface area (Å²) in [5, 5.41) is 3.02. The molecule has 0 saturated heterocycles. The molecule has 10 heteroatoms. The van der Waals surface area contributed by atoms with Crippen LogP contribution in [-0.4, -0.2) is 69.4 Å². The number of carbonyl (C=O) groups excluding carboxylic acids is 2. The molecule has 0 fully saturated rings. The van der Waals surface area contributed by atoms with Crippen LogP contribution in [-0.2, 0) is 27.9 Å². The van der Waals surface area contributed by atoms with E-state index in [1.807, 2.05) is 39.4 Å². The minimum Gasteiger partial charge on any atom is -0.756 e. The molecule has 3 unspecified atom stereocenters. The number of ether oxygens (including phenoxy) is 1. The molecule has 0 rings (SSSR count). The van der Waals surface area contributed by atoms with E-state index in [0.29, 0.717) is 23.9 Å². The predicted molar refractivity (Wildman–Crippen MR) is 334 cm³/mol. The maximum atomic E-state index is 13.5. The number of rotatable bonds is 55. The second-order valence-corrected chi connectivity index (χ2v) is 23.3. The number of nitrogens with zero attached hydrogens (tertiary/aromatic N) is 1. The van der Waals surface area contributed by atoms with Crippen LogP contribution in [0, 0.1) is 0 Å². The number of likely N-dealkylation sites (N-methyl/N-ethyl adjacent to an activating group) is 1. The highest BCUT2D eigenvalue weighted by molar-refractivity contribution is 7.45. The molecule has 446 valence electrons. The number of unbranched alkanes of at least 4 members (excludes halogenated alkanes) is 23. The second-order valence-electron chi connectivity index (χ2n) is 21.9. The Balaban J connectivity index is 5.15. The van der Waals surface area contributed by atoms with Gasteiger partial charge in [0.05, 0.1) is 33.8 Å². The molecule has 0 bridgehead atoms. The minimum absolute atomic E-state index is 0.0339. The highest BCUT2D eigenvalue weighted by Gasteiger charge is 2.27. The molecule has 3 atom stereocenters. The Kier molecular flexibility index (Phi) is 54.1. The molecule has 0 heterocycles. The first-order chi connectivity index (χ1) is 37.9. The standard InChI is InChI=1S/C68H117N2O7P/c1-7-10-13-16-19-22-25-28-29-30-31-32-33-34-35-36-37-38-39-40-41-43-45-48-51-54-57-60-67(71)69-65(64-76-78(73,74)75-63-62-70(4,5)6)66(59-56-53-50-47-44-27-24-21-18-15-12-9-3)77-68(72)61-58-55-52-49-46-42-26-23-20-17-14-11-8-2/h10-11,13-14,17,19-20,22-23,26,28-29,31-32,34-35,37-38,56,59,65-66H,7-9,12,15-16,18,21,24-25,27,30,33,36,39-55,57-58,60-64H2,1-6H3,(H-,69,71,73,74)/b13-10-,14-11+,20-17+,22-19-,26-23-,29-28-,32-31-,35-34-,38-37-,59-56-. The van der Waals surface area contributed by atoms with E-state index in [0.717, 1.165) is 128 Å². The molecule has 0 aliphatic heterocycles. The van der Waals surface area contributed by atoms with Crippen molar-refractivity contribution in [3.05, 3.63) is 122 Å². The number of phosphoric ester groups is 1. The number of hydrogen-bond acceptors (Lipinski definition) is 7. The van der Waals surface area contributed by atoms with Crippen molar-refractivity contribution in [1.82, 2.24) is 5.32 Å². The molecule has 78 heavy (non-hydrogen) atoms. The summed E-state index contributed by atoms with van der Waals surface area (Å²) in [6.45, 7) is 6.56. The lowest BCUT2D eigenvalue weighted by Gasteiger charge is -2.30. The van der Waals surface area contributed by atoms with Gasteiger partial charge in [0.1, 0.15) is 19.3 Å². The van der Waals surface area contributed by atoms with Gasteiger partial charge in [-0.2, -0.15) is 0 Å². The fraction of sp³-hybridized carbons (Fsp3) is 0.676. The average Bonchev–Trinajstić information content (AvgIpc) is 3.40. The number of quaternary nitrogens is 1. The van der Waals surface area contributed by atoms with E-state index < -0.39 is 26.6 Å². The second kappa shape index (κ2) is 56.7. The van der Waals surface area contributed by atoms with Gasteiger partial charge in [0.2, 0.25) is 5.91 Å². The molecule has 0 aliphatic rings. The Morgan fingerprint density at radius 2 is 0.885 bits per heavy atom. The lowest BCUT2D eigenvalue weighted by atomic mass is 10.0. The van der Waals surface area contributed by atoms with Crippen molar-refractivity contribution in [3.8, 4) is 0 Å². The van der Waals surface area contributed by atoms with E-state index in [4.69, 9.17) is 13.8 Å². The summed E-state index contributed by atoms with van der Waals surface area (Å²) < 4.78 is 30.3. The summed E-state index contributed by atoms with van der Waals surface area (Å²) in [5.74, 6) is -0.582. The van der Waals surface area contributed by atoms with Crippen LogP contribution in [0.2, 0.25) is 0 Å². The summed E-state index contributed by atoms with van der Waals surface area (Å²) in [6.07, 6.45) is 78.9. The Bertz CT molecular complexity index is 1750. The van der Waals surface area contributed by atoms with Crippen LogP contribution < -0.4 is 10.2 Å². The van der Waals surface area contributed by atoms with Crippen LogP contribution in [0.1, 0.15) is 245 Å². The third-order valence-electron chi connectivity index (χ3n) is 13.2. The lowest BCUT2D eigenvalue weighted by Crippen LogP contribution is -2.47. The third kappa shape index (κ3) is 57.1. The largest absolute Gasteiger partial charge is 0.756 e. The number of carbonyl (C=O) groups is 2. The van der Waals surface area contributed by atoms with Gasteiger partial charge in [-0.05, 0) is 102 Å². The van der Waals surface area contributed by atoms with Gasteiger partial charge in [0.25, 0.3) is 7.82 Å². The van der Waals surface area contributed by atoms with Crippen molar-refractivity contribution in [3.63, 3.8) is 0 Å². The molecule has 0 spiro atoms. The van der Waals surface area contributed by atoms with E-state index in [-0.39, 0.29) is 24.9 Å². The summed E-state index contributed by atoms with van der Waals surface area (Å²) in [5.41, 5.74) is 0. The van der Waals surface area contributed by atoms with Crippen LogP contribution in [0.15, 0.2) is 122 Å². The monoisotopic (exact) mass is 1100 g/mol. The number of phosphoric acid groups is 1.